The van der Waals surface area contributed by atoms with Gasteiger partial charge >= 0.3 is 41.8 Å². The third-order valence-corrected chi connectivity index (χ3v) is 12.6. The van der Waals surface area contributed by atoms with Crippen LogP contribution in [0.1, 0.15) is 83.9 Å². The average molecular weight is 868 g/mol. The summed E-state index contributed by atoms with van der Waals surface area (Å²) >= 11 is 0. The zero-order valence-electron chi connectivity index (χ0n) is 36.1. The lowest BCUT2D eigenvalue weighted by molar-refractivity contribution is -0.390. The quantitative estimate of drug-likeness (QED) is 0.282. The van der Waals surface area contributed by atoms with E-state index in [9.17, 15) is 38.7 Å². The molecule has 1 spiro atoms. The Balaban J connectivity index is 1.78. The lowest BCUT2D eigenvalue weighted by Gasteiger charge is -2.68. The Labute approximate surface area is 358 Å². The predicted octanol–water partition coefficient (Wildman–Crippen LogP) is 2.76. The molecule has 1 aromatic carbocycles. The van der Waals surface area contributed by atoms with Gasteiger partial charge in [-0.25, -0.2) is 4.79 Å². The summed E-state index contributed by atoms with van der Waals surface area (Å²) < 4.78 is 56.5. The minimum Gasteiger partial charge on any atom is -0.465 e. The van der Waals surface area contributed by atoms with Crippen molar-refractivity contribution in [2.45, 2.75) is 129 Å². The van der Waals surface area contributed by atoms with Crippen LogP contribution < -0.4 is 0 Å². The number of nitrogens with zero attached hydrogens (tertiary/aromatic N) is 1. The van der Waals surface area contributed by atoms with Crippen LogP contribution in [0.3, 0.4) is 0 Å². The minimum atomic E-state index is -2.70. The molecule has 0 amide bonds. The summed E-state index contributed by atoms with van der Waals surface area (Å²) in [7, 11) is 0. The first-order chi connectivity index (χ1) is 29.1. The van der Waals surface area contributed by atoms with Crippen molar-refractivity contribution in [3.63, 3.8) is 0 Å². The van der Waals surface area contributed by atoms with E-state index in [1.54, 1.807) is 44.2 Å². The largest absolute Gasteiger partial charge is 0.465 e. The first-order valence-electron chi connectivity index (χ1n) is 20.3. The van der Waals surface area contributed by atoms with E-state index < -0.39 is 132 Å². The summed E-state index contributed by atoms with van der Waals surface area (Å²) in [5.74, 6) is -9.48. The summed E-state index contributed by atoms with van der Waals surface area (Å²) in [6.07, 6.45) is -9.62. The summed E-state index contributed by atoms with van der Waals surface area (Å²) in [6, 6.07) is 11.8. The van der Waals surface area contributed by atoms with Gasteiger partial charge in [0.15, 0.2) is 24.4 Å². The van der Waals surface area contributed by atoms with Crippen molar-refractivity contribution in [2.75, 3.05) is 13.2 Å². The maximum Gasteiger partial charge on any atom is 0.340 e. The van der Waals surface area contributed by atoms with Crippen LogP contribution in [0.5, 0.6) is 0 Å². The van der Waals surface area contributed by atoms with Crippen LogP contribution in [0.4, 0.5) is 0 Å². The molecule has 18 nitrogen and oxygen atoms in total. The highest BCUT2D eigenvalue weighted by molar-refractivity contribution is 5.90. The van der Waals surface area contributed by atoms with E-state index in [2.05, 4.69) is 4.98 Å². The zero-order chi connectivity index (χ0) is 45.5. The van der Waals surface area contributed by atoms with Gasteiger partial charge in [-0.1, -0.05) is 44.2 Å². The monoisotopic (exact) mass is 867 g/mol. The number of fused-ring (bicyclic) bond motifs is 5. The minimum absolute atomic E-state index is 0.0727. The van der Waals surface area contributed by atoms with Gasteiger partial charge in [-0.05, 0) is 43.9 Å². The normalized spacial score (nSPS) is 36.3. The van der Waals surface area contributed by atoms with Crippen molar-refractivity contribution in [1.29, 1.82) is 0 Å². The predicted molar refractivity (Wildman–Crippen MR) is 209 cm³/mol. The third-order valence-electron chi connectivity index (χ3n) is 12.6. The van der Waals surface area contributed by atoms with Gasteiger partial charge < -0.3 is 47.7 Å². The molecule has 3 heterocycles. The molecule has 4 aliphatic rings. The van der Waals surface area contributed by atoms with E-state index in [0.717, 1.165) is 34.6 Å². The first-order valence-corrected chi connectivity index (χ1v) is 20.3. The zero-order valence-corrected chi connectivity index (χ0v) is 36.1. The Kier molecular flexibility index (Phi) is 12.9. The molecule has 6 rings (SSSR count). The van der Waals surface area contributed by atoms with Crippen molar-refractivity contribution in [2.24, 2.45) is 23.2 Å². The number of cyclic esters (lactones) is 1. The Morgan fingerprint density at radius 1 is 0.790 bits per heavy atom. The van der Waals surface area contributed by atoms with Gasteiger partial charge in [-0.2, -0.15) is 0 Å². The smallest absolute Gasteiger partial charge is 0.340 e. The Hall–Kier alpha value is -5.46. The van der Waals surface area contributed by atoms with Crippen molar-refractivity contribution < 1.29 is 81.3 Å². The fraction of sp³-hybridized carbons (Fsp3) is 0.591. The van der Waals surface area contributed by atoms with E-state index >= 15 is 0 Å². The molecule has 62 heavy (non-hydrogen) atoms. The van der Waals surface area contributed by atoms with Crippen LogP contribution in [0.2, 0.25) is 0 Å². The third kappa shape index (κ3) is 7.92. The van der Waals surface area contributed by atoms with Crippen LogP contribution in [0.15, 0.2) is 48.7 Å². The summed E-state index contributed by atoms with van der Waals surface area (Å²) in [5, 5.41) is 13.7. The lowest BCUT2D eigenvalue weighted by Crippen LogP contribution is -2.89. The molecule has 13 atom stereocenters. The number of carbonyl (C=O) groups excluding carboxylic acids is 7. The second-order valence-electron chi connectivity index (χ2n) is 17.0. The van der Waals surface area contributed by atoms with Crippen LogP contribution >= 0.6 is 0 Å². The van der Waals surface area contributed by atoms with Crippen LogP contribution in [0.25, 0.3) is 0 Å². The number of benzene rings is 1. The van der Waals surface area contributed by atoms with Gasteiger partial charge in [0.1, 0.15) is 47.6 Å². The highest BCUT2D eigenvalue weighted by Gasteiger charge is 2.91. The SMILES string of the molecule is CC(=O)OC[C@]12[C@H](OC(C)=O)[C@H](OC(C)=O)C3[C@@H](OCc4ccccc4)C14O[C@@]3(C)COC(=O)c1cccnc1CC(C)C(C)C(=O)O[C@@H]([C@H](OC(C)=O)[C@@H]2OC(C)=O)[C@]4(C)O. The molecule has 2 saturated carbocycles. The lowest BCUT2D eigenvalue weighted by atomic mass is 9.45. The second-order valence-corrected chi connectivity index (χ2v) is 17.0. The number of aromatic nitrogens is 1. The van der Waals surface area contributed by atoms with E-state index in [-0.39, 0.29) is 18.6 Å². The Morgan fingerprint density at radius 3 is 1.98 bits per heavy atom. The number of hydrogen-bond donors (Lipinski definition) is 1. The van der Waals surface area contributed by atoms with Crippen molar-refractivity contribution in [3.05, 3.63) is 65.5 Å². The standard InChI is InChI=1S/C44H53NO17/c1-22-18-31-30(16-13-17-45-31)40(52)56-20-41(8)32-33(57-25(4)47)37(59-27(6)49)43(21-55-24(3)46)38(60-28(7)50)34(58-26(5)48)36(61-39(51)23(22)2)42(9,53)44(43,62-41)35(32)54-19-29-14-11-10-12-15-29/h10-17,22-23,32-38,53H,18-21H2,1-9H3/t22?,23?,32?,33-,34+,35-,36+,37-,38+,41+,42+,43-,44?/m1/s1. The van der Waals surface area contributed by atoms with Crippen molar-refractivity contribution in [1.82, 2.24) is 4.98 Å². The van der Waals surface area contributed by atoms with Gasteiger partial charge in [0.25, 0.3) is 0 Å². The molecule has 0 radical (unpaired) electrons. The van der Waals surface area contributed by atoms with E-state index in [1.807, 2.05) is 0 Å². The van der Waals surface area contributed by atoms with Gasteiger partial charge in [0.05, 0.1) is 29.7 Å². The van der Waals surface area contributed by atoms with Crippen LogP contribution in [-0.4, -0.2) is 119 Å². The molecular formula is C44H53NO17. The summed E-state index contributed by atoms with van der Waals surface area (Å²) in [5.41, 5.74) is -8.71. The molecule has 4 bridgehead atoms. The van der Waals surface area contributed by atoms with Gasteiger partial charge in [0.2, 0.25) is 0 Å². The molecule has 1 saturated heterocycles. The molecule has 3 fully saturated rings. The Morgan fingerprint density at radius 2 is 1.39 bits per heavy atom. The van der Waals surface area contributed by atoms with E-state index in [4.69, 9.17) is 42.6 Å². The molecule has 1 N–H and O–H groups in total. The molecule has 2 aliphatic heterocycles. The number of pyridine rings is 1. The molecule has 4 unspecified atom stereocenters. The topological polar surface area (TPSA) is 236 Å². The highest BCUT2D eigenvalue weighted by atomic mass is 16.7. The number of rotatable bonds is 9. The molecule has 18 heteroatoms. The first kappa shape index (κ1) is 46.1. The van der Waals surface area contributed by atoms with Crippen molar-refractivity contribution in [3.8, 4) is 0 Å². The average Bonchev–Trinajstić information content (AvgIpc) is 3.43. The number of esters is 7. The number of ether oxygens (including phenoxy) is 9. The molecule has 2 aromatic rings. The number of aliphatic hydroxyl groups is 1. The van der Waals surface area contributed by atoms with E-state index in [0.29, 0.717) is 11.3 Å². The highest BCUT2D eigenvalue weighted by Crippen LogP contribution is 2.70. The van der Waals surface area contributed by atoms with Gasteiger partial charge in [-0.3, -0.25) is 33.8 Å². The van der Waals surface area contributed by atoms with E-state index in [1.165, 1.54) is 32.2 Å². The van der Waals surface area contributed by atoms with Crippen LogP contribution in [0, 0.1) is 23.2 Å². The summed E-state index contributed by atoms with van der Waals surface area (Å²) in [4.78, 5) is 99.5. The number of carbonyl (C=O) groups is 7. The van der Waals surface area contributed by atoms with Crippen molar-refractivity contribution >= 4 is 41.8 Å². The molecule has 2 aliphatic carbocycles. The summed E-state index contributed by atoms with van der Waals surface area (Å²) in [6.45, 7) is 9.40. The second kappa shape index (κ2) is 17.4. The van der Waals surface area contributed by atoms with Gasteiger partial charge in [-0.15, -0.1) is 0 Å². The molecular weight excluding hydrogens is 814 g/mol. The fourth-order valence-corrected chi connectivity index (χ4v) is 10.0. The number of hydrogen-bond acceptors (Lipinski definition) is 18. The maximum atomic E-state index is 14.5. The fourth-order valence-electron chi connectivity index (χ4n) is 10.0. The molecule has 336 valence electrons. The van der Waals surface area contributed by atoms with Crippen LogP contribution in [-0.2, 0) is 84.4 Å². The molecule has 1 aromatic heterocycles. The maximum absolute atomic E-state index is 14.5. The van der Waals surface area contributed by atoms with Gasteiger partial charge in [0, 0.05) is 40.8 Å². The Bertz CT molecular complexity index is 2090.